The van der Waals surface area contributed by atoms with Crippen LogP contribution < -0.4 is 10.1 Å². The van der Waals surface area contributed by atoms with E-state index < -0.39 is 17.6 Å². The molecule has 1 saturated heterocycles. The Kier molecular flexibility index (Phi) is 7.42. The molecule has 0 radical (unpaired) electrons. The number of ether oxygens (including phenoxy) is 1. The average Bonchev–Trinajstić information content (AvgIpc) is 3.29. The minimum Gasteiger partial charge on any atom is -0.493 e. The van der Waals surface area contributed by atoms with Gasteiger partial charge in [0.2, 0.25) is 0 Å². The fourth-order valence-corrected chi connectivity index (χ4v) is 3.91. The summed E-state index contributed by atoms with van der Waals surface area (Å²) in [5.41, 5.74) is 1.51. The van der Waals surface area contributed by atoms with E-state index >= 15 is 0 Å². The average molecular weight is 488 g/mol. The summed E-state index contributed by atoms with van der Waals surface area (Å²) >= 11 is 0. The van der Waals surface area contributed by atoms with Gasteiger partial charge < -0.3 is 15.0 Å². The van der Waals surface area contributed by atoms with E-state index in [1.54, 1.807) is 0 Å². The molecular weight excluding hydrogens is 459 g/mol. The number of piperazine rings is 1. The van der Waals surface area contributed by atoms with Gasteiger partial charge in [0, 0.05) is 39.3 Å². The number of benzene rings is 2. The van der Waals surface area contributed by atoms with Gasteiger partial charge in [-0.3, -0.25) is 9.69 Å². The molecule has 1 fully saturated rings. The van der Waals surface area contributed by atoms with E-state index in [4.69, 9.17) is 4.74 Å². The number of amides is 1. The van der Waals surface area contributed by atoms with Crippen molar-refractivity contribution in [1.82, 2.24) is 24.9 Å². The number of alkyl halides is 3. The zero-order valence-electron chi connectivity index (χ0n) is 19.7. The van der Waals surface area contributed by atoms with Crippen molar-refractivity contribution in [1.29, 1.82) is 0 Å². The quantitative estimate of drug-likeness (QED) is 0.552. The maximum Gasteiger partial charge on any atom is 0.416 e. The highest BCUT2D eigenvalue weighted by atomic mass is 19.4. The minimum absolute atomic E-state index is 0.00315. The maximum atomic E-state index is 13.1. The third-order valence-electron chi connectivity index (χ3n) is 6.03. The molecular formula is C25H28F3N5O2. The Morgan fingerprint density at radius 1 is 1.06 bits per heavy atom. The van der Waals surface area contributed by atoms with Gasteiger partial charge in [-0.25, -0.2) is 4.68 Å². The van der Waals surface area contributed by atoms with Gasteiger partial charge in [-0.1, -0.05) is 30.3 Å². The van der Waals surface area contributed by atoms with Crippen LogP contribution in [-0.4, -0.2) is 65.8 Å². The van der Waals surface area contributed by atoms with Crippen LogP contribution in [0, 0.1) is 0 Å². The van der Waals surface area contributed by atoms with Gasteiger partial charge in [0.15, 0.2) is 11.4 Å². The fourth-order valence-electron chi connectivity index (χ4n) is 3.91. The Balaban J connectivity index is 1.39. The van der Waals surface area contributed by atoms with Crippen molar-refractivity contribution in [2.24, 2.45) is 0 Å². The Labute approximate surface area is 202 Å². The monoisotopic (exact) mass is 487 g/mol. The highest BCUT2D eigenvalue weighted by Crippen LogP contribution is 2.30. The molecule has 35 heavy (non-hydrogen) atoms. The summed E-state index contributed by atoms with van der Waals surface area (Å²) in [4.78, 5) is 17.5. The molecule has 1 amide bonds. The normalized spacial score (nSPS) is 15.2. The SMILES string of the molecule is COc1cn(-c2cccc(C(F)(F)F)c2)nc1C(=O)NCc1ccc(CN2CCN(C)CC2)cc1. The lowest BCUT2D eigenvalue weighted by molar-refractivity contribution is -0.137. The van der Waals surface area contributed by atoms with E-state index in [0.717, 1.165) is 50.4 Å². The standard InChI is InChI=1S/C25H28F3N5O2/c1-31-10-12-32(13-11-31)16-19-8-6-18(7-9-19)15-29-24(34)23-22(35-2)17-33(30-23)21-5-3-4-20(14-21)25(26,27)28/h3-9,14,17H,10-13,15-16H2,1-2H3,(H,29,34). The zero-order chi connectivity index (χ0) is 25.0. The molecule has 10 heteroatoms. The molecule has 0 bridgehead atoms. The summed E-state index contributed by atoms with van der Waals surface area (Å²) in [7, 11) is 3.51. The Morgan fingerprint density at radius 2 is 1.74 bits per heavy atom. The predicted octanol–water partition coefficient (Wildman–Crippen LogP) is 3.58. The summed E-state index contributed by atoms with van der Waals surface area (Å²) in [6.45, 7) is 5.40. The highest BCUT2D eigenvalue weighted by molar-refractivity contribution is 5.94. The fraction of sp³-hybridized carbons (Fsp3) is 0.360. The third kappa shape index (κ3) is 6.20. The van der Waals surface area contributed by atoms with Crippen LogP contribution >= 0.6 is 0 Å². The number of aromatic nitrogens is 2. The van der Waals surface area contributed by atoms with Crippen molar-refractivity contribution >= 4 is 5.91 Å². The lowest BCUT2D eigenvalue weighted by atomic mass is 10.1. The summed E-state index contributed by atoms with van der Waals surface area (Å²) in [5.74, 6) is -0.309. The van der Waals surface area contributed by atoms with Crippen molar-refractivity contribution in [3.63, 3.8) is 0 Å². The number of carbonyl (C=O) groups is 1. The molecule has 186 valence electrons. The number of nitrogens with zero attached hydrogens (tertiary/aromatic N) is 4. The topological polar surface area (TPSA) is 62.6 Å². The molecule has 3 aromatic rings. The van der Waals surface area contributed by atoms with Gasteiger partial charge in [-0.15, -0.1) is 0 Å². The van der Waals surface area contributed by atoms with Gasteiger partial charge in [0.25, 0.3) is 5.91 Å². The maximum absolute atomic E-state index is 13.1. The second-order valence-corrected chi connectivity index (χ2v) is 8.62. The van der Waals surface area contributed by atoms with Crippen LogP contribution in [0.5, 0.6) is 5.75 Å². The molecule has 0 saturated carbocycles. The molecule has 7 nitrogen and oxygen atoms in total. The van der Waals surface area contributed by atoms with Crippen molar-refractivity contribution < 1.29 is 22.7 Å². The second-order valence-electron chi connectivity index (χ2n) is 8.62. The predicted molar refractivity (Wildman–Crippen MR) is 126 cm³/mol. The number of likely N-dealkylation sites (N-methyl/N-ethyl adjacent to an activating group) is 1. The van der Waals surface area contributed by atoms with Crippen LogP contribution in [0.25, 0.3) is 5.69 Å². The molecule has 1 aliphatic rings. The van der Waals surface area contributed by atoms with Gasteiger partial charge in [-0.2, -0.15) is 18.3 Å². The van der Waals surface area contributed by atoms with Crippen LogP contribution in [0.15, 0.2) is 54.7 Å². The molecule has 4 rings (SSSR count). The van der Waals surface area contributed by atoms with Crippen LogP contribution in [0.3, 0.4) is 0 Å². The number of rotatable bonds is 7. The van der Waals surface area contributed by atoms with Crippen LogP contribution in [0.4, 0.5) is 13.2 Å². The first-order valence-electron chi connectivity index (χ1n) is 11.3. The van der Waals surface area contributed by atoms with E-state index in [0.29, 0.717) is 0 Å². The Hall–Kier alpha value is -3.37. The molecule has 1 N–H and O–H groups in total. The molecule has 1 aliphatic heterocycles. The summed E-state index contributed by atoms with van der Waals surface area (Å²) in [5, 5.41) is 6.98. The van der Waals surface area contributed by atoms with E-state index in [9.17, 15) is 18.0 Å². The number of hydrogen-bond acceptors (Lipinski definition) is 5. The number of carbonyl (C=O) groups excluding carboxylic acids is 1. The first-order valence-corrected chi connectivity index (χ1v) is 11.3. The van der Waals surface area contributed by atoms with E-state index in [-0.39, 0.29) is 23.7 Å². The first kappa shape index (κ1) is 24.7. The number of halogens is 3. The highest BCUT2D eigenvalue weighted by Gasteiger charge is 2.30. The lowest BCUT2D eigenvalue weighted by Crippen LogP contribution is -2.43. The molecule has 1 aromatic heterocycles. The summed E-state index contributed by atoms with van der Waals surface area (Å²) < 4.78 is 45.6. The van der Waals surface area contributed by atoms with Crippen molar-refractivity contribution in [3.8, 4) is 11.4 Å². The molecule has 0 aliphatic carbocycles. The van der Waals surface area contributed by atoms with Crippen molar-refractivity contribution in [2.75, 3.05) is 40.3 Å². The van der Waals surface area contributed by atoms with E-state index in [2.05, 4.69) is 39.4 Å². The molecule has 0 spiro atoms. The zero-order valence-corrected chi connectivity index (χ0v) is 19.7. The largest absolute Gasteiger partial charge is 0.493 e. The second kappa shape index (κ2) is 10.5. The van der Waals surface area contributed by atoms with Crippen molar-refractivity contribution in [3.05, 3.63) is 77.1 Å². The molecule has 2 heterocycles. The smallest absolute Gasteiger partial charge is 0.416 e. The van der Waals surface area contributed by atoms with Crippen LogP contribution in [-0.2, 0) is 19.3 Å². The number of nitrogens with one attached hydrogen (secondary N) is 1. The Bertz CT molecular complexity index is 1150. The number of hydrogen-bond donors (Lipinski definition) is 1. The van der Waals surface area contributed by atoms with E-state index in [1.807, 2.05) is 12.1 Å². The van der Waals surface area contributed by atoms with Crippen LogP contribution in [0.2, 0.25) is 0 Å². The first-order chi connectivity index (χ1) is 16.7. The minimum atomic E-state index is -4.48. The third-order valence-corrected chi connectivity index (χ3v) is 6.03. The molecule has 0 atom stereocenters. The summed E-state index contributed by atoms with van der Waals surface area (Å²) in [6, 6.07) is 12.8. The Morgan fingerprint density at radius 3 is 2.40 bits per heavy atom. The van der Waals surface area contributed by atoms with Gasteiger partial charge in [0.1, 0.15) is 0 Å². The summed E-state index contributed by atoms with van der Waals surface area (Å²) in [6.07, 6.45) is -3.09. The van der Waals surface area contributed by atoms with E-state index in [1.165, 1.54) is 35.7 Å². The molecule has 2 aromatic carbocycles. The van der Waals surface area contributed by atoms with Gasteiger partial charge in [-0.05, 0) is 36.4 Å². The van der Waals surface area contributed by atoms with Gasteiger partial charge >= 0.3 is 6.18 Å². The number of methoxy groups -OCH3 is 1. The van der Waals surface area contributed by atoms with Gasteiger partial charge in [0.05, 0.1) is 24.6 Å². The van der Waals surface area contributed by atoms with Crippen LogP contribution in [0.1, 0.15) is 27.2 Å². The van der Waals surface area contributed by atoms with Crippen molar-refractivity contribution in [2.45, 2.75) is 19.3 Å². The molecule has 0 unspecified atom stereocenters. The lowest BCUT2D eigenvalue weighted by Gasteiger charge is -2.32.